The minimum absolute atomic E-state index is 0.556. The Labute approximate surface area is 136 Å². The number of hydrogen-bond donors (Lipinski definition) is 0. The highest BCUT2D eigenvalue weighted by molar-refractivity contribution is 6.06. The standard InChI is InChI=1S/C22H19N/c1-15(2)16-7-9-18(10-8-16)21-14-12-20-19-6-4-3-5-17(19)11-13-22(20)23-21/h3-15H,1-2H3. The van der Waals surface area contributed by atoms with Crippen LogP contribution in [0.2, 0.25) is 0 Å². The van der Waals surface area contributed by atoms with Crippen molar-refractivity contribution in [2.75, 3.05) is 0 Å². The van der Waals surface area contributed by atoms with Gasteiger partial charge in [-0.1, -0.05) is 74.5 Å². The van der Waals surface area contributed by atoms with Crippen molar-refractivity contribution in [2.45, 2.75) is 19.8 Å². The van der Waals surface area contributed by atoms with Crippen molar-refractivity contribution in [3.05, 3.63) is 78.4 Å². The Morgan fingerprint density at radius 2 is 1.48 bits per heavy atom. The second-order valence-electron chi connectivity index (χ2n) is 6.33. The van der Waals surface area contributed by atoms with E-state index >= 15 is 0 Å². The molecule has 1 heteroatoms. The molecule has 1 heterocycles. The summed E-state index contributed by atoms with van der Waals surface area (Å²) in [7, 11) is 0. The third-order valence-electron chi connectivity index (χ3n) is 4.47. The van der Waals surface area contributed by atoms with Crippen LogP contribution in [-0.2, 0) is 0 Å². The first-order valence-corrected chi connectivity index (χ1v) is 8.11. The SMILES string of the molecule is CC(C)c1ccc(-c2ccc3c(ccc4ccccc43)n2)cc1. The molecule has 0 aliphatic heterocycles. The van der Waals surface area contributed by atoms with Crippen LogP contribution >= 0.6 is 0 Å². The summed E-state index contributed by atoms with van der Waals surface area (Å²) < 4.78 is 0. The first kappa shape index (κ1) is 14.0. The van der Waals surface area contributed by atoms with E-state index in [9.17, 15) is 0 Å². The Hall–Kier alpha value is -2.67. The second kappa shape index (κ2) is 5.51. The first-order chi connectivity index (χ1) is 11.2. The first-order valence-electron chi connectivity index (χ1n) is 8.11. The molecule has 23 heavy (non-hydrogen) atoms. The van der Waals surface area contributed by atoms with Gasteiger partial charge in [-0.2, -0.15) is 0 Å². The monoisotopic (exact) mass is 297 g/mol. The van der Waals surface area contributed by atoms with Crippen molar-refractivity contribution in [1.82, 2.24) is 4.98 Å². The molecule has 0 bridgehead atoms. The molecule has 0 radical (unpaired) electrons. The third kappa shape index (κ3) is 2.49. The van der Waals surface area contributed by atoms with E-state index in [1.807, 2.05) is 0 Å². The van der Waals surface area contributed by atoms with Gasteiger partial charge in [-0.05, 0) is 34.4 Å². The second-order valence-corrected chi connectivity index (χ2v) is 6.33. The van der Waals surface area contributed by atoms with E-state index in [0.29, 0.717) is 5.92 Å². The van der Waals surface area contributed by atoms with Crippen LogP contribution < -0.4 is 0 Å². The molecule has 0 amide bonds. The van der Waals surface area contributed by atoms with E-state index in [1.165, 1.54) is 27.3 Å². The van der Waals surface area contributed by atoms with Crippen molar-refractivity contribution in [3.63, 3.8) is 0 Å². The lowest BCUT2D eigenvalue weighted by molar-refractivity contribution is 0.867. The Kier molecular flexibility index (Phi) is 3.34. The third-order valence-corrected chi connectivity index (χ3v) is 4.47. The molecular formula is C22H19N. The summed E-state index contributed by atoms with van der Waals surface area (Å²) in [5, 5.41) is 3.74. The predicted molar refractivity (Wildman–Crippen MR) is 98.8 cm³/mol. The minimum Gasteiger partial charge on any atom is -0.248 e. The van der Waals surface area contributed by atoms with Gasteiger partial charge >= 0.3 is 0 Å². The Morgan fingerprint density at radius 3 is 2.26 bits per heavy atom. The van der Waals surface area contributed by atoms with Crippen LogP contribution in [0.4, 0.5) is 0 Å². The molecule has 0 atom stereocenters. The quantitative estimate of drug-likeness (QED) is 0.403. The molecule has 0 aliphatic rings. The van der Waals surface area contributed by atoms with Gasteiger partial charge in [0.1, 0.15) is 0 Å². The predicted octanol–water partition coefficient (Wildman–Crippen LogP) is 6.18. The zero-order valence-corrected chi connectivity index (χ0v) is 13.5. The molecule has 0 fully saturated rings. The Bertz CT molecular complexity index is 982. The molecule has 3 aromatic carbocycles. The average molecular weight is 297 g/mol. The Morgan fingerprint density at radius 1 is 0.696 bits per heavy atom. The average Bonchev–Trinajstić information content (AvgIpc) is 2.61. The topological polar surface area (TPSA) is 12.9 Å². The van der Waals surface area contributed by atoms with E-state index in [0.717, 1.165) is 11.2 Å². The maximum Gasteiger partial charge on any atom is 0.0715 e. The summed E-state index contributed by atoms with van der Waals surface area (Å²) >= 11 is 0. The molecule has 112 valence electrons. The van der Waals surface area contributed by atoms with Gasteiger partial charge < -0.3 is 0 Å². The van der Waals surface area contributed by atoms with Crippen LogP contribution in [0.15, 0.2) is 72.8 Å². The molecule has 0 saturated carbocycles. The number of pyridine rings is 1. The van der Waals surface area contributed by atoms with E-state index in [-0.39, 0.29) is 0 Å². The molecule has 0 spiro atoms. The number of nitrogens with zero attached hydrogens (tertiary/aromatic N) is 1. The normalized spacial score (nSPS) is 11.4. The summed E-state index contributed by atoms with van der Waals surface area (Å²) in [6.45, 7) is 4.43. The van der Waals surface area contributed by atoms with Crippen LogP contribution in [0.25, 0.3) is 32.9 Å². The highest BCUT2D eigenvalue weighted by atomic mass is 14.7. The van der Waals surface area contributed by atoms with Gasteiger partial charge in [0, 0.05) is 10.9 Å². The molecule has 4 rings (SSSR count). The smallest absolute Gasteiger partial charge is 0.0715 e. The van der Waals surface area contributed by atoms with Crippen molar-refractivity contribution in [3.8, 4) is 11.3 Å². The largest absolute Gasteiger partial charge is 0.248 e. The number of fused-ring (bicyclic) bond motifs is 3. The van der Waals surface area contributed by atoms with E-state index in [4.69, 9.17) is 4.98 Å². The summed E-state index contributed by atoms with van der Waals surface area (Å²) in [5.74, 6) is 0.556. The lowest BCUT2D eigenvalue weighted by atomic mass is 10.00. The molecule has 0 saturated heterocycles. The number of hydrogen-bond acceptors (Lipinski definition) is 1. The van der Waals surface area contributed by atoms with Crippen molar-refractivity contribution in [1.29, 1.82) is 0 Å². The number of aromatic nitrogens is 1. The van der Waals surface area contributed by atoms with Crippen LogP contribution in [0.3, 0.4) is 0 Å². The molecule has 0 N–H and O–H groups in total. The van der Waals surface area contributed by atoms with Crippen LogP contribution in [0.5, 0.6) is 0 Å². The van der Waals surface area contributed by atoms with E-state index in [2.05, 4.69) is 86.6 Å². The van der Waals surface area contributed by atoms with E-state index in [1.54, 1.807) is 0 Å². The molecular weight excluding hydrogens is 278 g/mol. The van der Waals surface area contributed by atoms with Gasteiger partial charge in [-0.15, -0.1) is 0 Å². The maximum atomic E-state index is 4.87. The summed E-state index contributed by atoms with van der Waals surface area (Å²) in [6, 6.07) is 25.8. The Balaban J connectivity index is 1.84. The lowest BCUT2D eigenvalue weighted by Gasteiger charge is -2.08. The van der Waals surface area contributed by atoms with Gasteiger partial charge in [0.2, 0.25) is 0 Å². The summed E-state index contributed by atoms with van der Waals surface area (Å²) in [6.07, 6.45) is 0. The van der Waals surface area contributed by atoms with Gasteiger partial charge in [0.15, 0.2) is 0 Å². The highest BCUT2D eigenvalue weighted by Gasteiger charge is 2.05. The molecule has 0 aliphatic carbocycles. The summed E-state index contributed by atoms with van der Waals surface area (Å²) in [5.41, 5.74) is 4.61. The molecule has 1 aromatic heterocycles. The minimum atomic E-state index is 0.556. The van der Waals surface area contributed by atoms with Crippen molar-refractivity contribution < 1.29 is 0 Å². The van der Waals surface area contributed by atoms with Crippen LogP contribution in [0.1, 0.15) is 25.3 Å². The zero-order chi connectivity index (χ0) is 15.8. The zero-order valence-electron chi connectivity index (χ0n) is 13.5. The molecule has 4 aromatic rings. The van der Waals surface area contributed by atoms with Gasteiger partial charge in [0.25, 0.3) is 0 Å². The van der Waals surface area contributed by atoms with E-state index < -0.39 is 0 Å². The van der Waals surface area contributed by atoms with Gasteiger partial charge in [0.05, 0.1) is 11.2 Å². The van der Waals surface area contributed by atoms with Crippen LogP contribution in [-0.4, -0.2) is 4.98 Å². The number of benzene rings is 3. The lowest BCUT2D eigenvalue weighted by Crippen LogP contribution is -1.89. The van der Waals surface area contributed by atoms with Crippen molar-refractivity contribution in [2.24, 2.45) is 0 Å². The molecule has 1 nitrogen and oxygen atoms in total. The van der Waals surface area contributed by atoms with Crippen LogP contribution in [0, 0.1) is 0 Å². The number of rotatable bonds is 2. The fraction of sp³-hybridized carbons (Fsp3) is 0.136. The van der Waals surface area contributed by atoms with Gasteiger partial charge in [-0.25, -0.2) is 4.98 Å². The highest BCUT2D eigenvalue weighted by Crippen LogP contribution is 2.27. The molecule has 0 unspecified atom stereocenters. The van der Waals surface area contributed by atoms with Gasteiger partial charge in [-0.3, -0.25) is 0 Å². The fourth-order valence-corrected chi connectivity index (χ4v) is 3.09. The summed E-state index contributed by atoms with van der Waals surface area (Å²) in [4.78, 5) is 4.87. The maximum absolute atomic E-state index is 4.87. The fourth-order valence-electron chi connectivity index (χ4n) is 3.09. The van der Waals surface area contributed by atoms with Crippen molar-refractivity contribution >= 4 is 21.7 Å².